The highest BCUT2D eigenvalue weighted by Gasteiger charge is 2.27. The van der Waals surface area contributed by atoms with Gasteiger partial charge in [0, 0.05) is 46.4 Å². The quantitative estimate of drug-likeness (QED) is 0.585. The molecule has 7 heteroatoms. The van der Waals surface area contributed by atoms with E-state index in [0.29, 0.717) is 13.2 Å². The highest BCUT2D eigenvalue weighted by molar-refractivity contribution is 5.83. The number of hydrogen-bond acceptors (Lipinski definition) is 5. The average molecular weight is 328 g/mol. The summed E-state index contributed by atoms with van der Waals surface area (Å²) < 4.78 is 4.94. The van der Waals surface area contributed by atoms with Gasteiger partial charge in [0.1, 0.15) is 0 Å². The summed E-state index contributed by atoms with van der Waals surface area (Å²) in [6.07, 6.45) is 0.794. The van der Waals surface area contributed by atoms with Crippen molar-refractivity contribution in [2.75, 3.05) is 66.6 Å². The molecular weight excluding hydrogens is 296 g/mol. The fraction of sp³-hybridized carbons (Fsp3) is 0.875. The number of hydrogen-bond donors (Lipinski definition) is 1. The molecule has 0 spiro atoms. The zero-order valence-electron chi connectivity index (χ0n) is 15.0. The third-order valence-electron chi connectivity index (χ3n) is 4.39. The lowest BCUT2D eigenvalue weighted by molar-refractivity contribution is -0.138. The van der Waals surface area contributed by atoms with Crippen LogP contribution in [-0.4, -0.2) is 99.1 Å². The van der Waals surface area contributed by atoms with Crippen LogP contribution in [0, 0.1) is 0 Å². The Morgan fingerprint density at radius 2 is 1.91 bits per heavy atom. The van der Waals surface area contributed by atoms with Crippen LogP contribution >= 0.6 is 0 Å². The number of nitrogens with one attached hydrogen (secondary N) is 1. The molecule has 0 saturated carbocycles. The van der Waals surface area contributed by atoms with Gasteiger partial charge in [-0.15, -0.1) is 0 Å². The van der Waals surface area contributed by atoms with Crippen LogP contribution < -0.4 is 5.32 Å². The number of piperazine rings is 1. The monoisotopic (exact) mass is 328 g/mol. The van der Waals surface area contributed by atoms with E-state index in [-0.39, 0.29) is 24.4 Å². The normalized spacial score (nSPS) is 17.3. The lowest BCUT2D eigenvalue weighted by atomic mass is 10.2. The number of carbonyl (C=O) groups excluding carboxylic acids is 2. The Bertz CT molecular complexity index is 370. The molecule has 2 amide bonds. The van der Waals surface area contributed by atoms with E-state index in [0.717, 1.165) is 39.1 Å². The summed E-state index contributed by atoms with van der Waals surface area (Å²) in [6, 6.07) is -0.284. The molecule has 1 heterocycles. The van der Waals surface area contributed by atoms with Gasteiger partial charge in [0.25, 0.3) is 0 Å². The highest BCUT2D eigenvalue weighted by Crippen LogP contribution is 2.07. The minimum absolute atomic E-state index is 0.0564. The van der Waals surface area contributed by atoms with Gasteiger partial charge >= 0.3 is 0 Å². The Kier molecular flexibility index (Phi) is 9.13. The first-order chi connectivity index (χ1) is 11.0. The minimum Gasteiger partial charge on any atom is -0.385 e. The molecule has 0 bridgehead atoms. The van der Waals surface area contributed by atoms with E-state index in [2.05, 4.69) is 17.1 Å². The van der Waals surface area contributed by atoms with Crippen LogP contribution in [0.2, 0.25) is 0 Å². The van der Waals surface area contributed by atoms with Gasteiger partial charge in [-0.25, -0.2) is 0 Å². The molecule has 1 aliphatic heterocycles. The van der Waals surface area contributed by atoms with Gasteiger partial charge in [-0.2, -0.15) is 0 Å². The average Bonchev–Trinajstić information content (AvgIpc) is 2.57. The number of likely N-dealkylation sites (N-methyl/N-ethyl adjacent to an activating group) is 2. The van der Waals surface area contributed by atoms with Gasteiger partial charge in [0.2, 0.25) is 11.8 Å². The highest BCUT2D eigenvalue weighted by atomic mass is 16.5. The molecule has 0 aromatic rings. The Labute approximate surface area is 139 Å². The summed E-state index contributed by atoms with van der Waals surface area (Å²) in [5.41, 5.74) is 0. The fourth-order valence-electron chi connectivity index (χ4n) is 2.60. The summed E-state index contributed by atoms with van der Waals surface area (Å²) in [7, 11) is 3.46. The van der Waals surface area contributed by atoms with Gasteiger partial charge in [0.05, 0.1) is 12.6 Å². The topological polar surface area (TPSA) is 65.1 Å². The Morgan fingerprint density at radius 3 is 2.48 bits per heavy atom. The molecule has 1 N–H and O–H groups in total. The Morgan fingerprint density at radius 1 is 1.26 bits per heavy atom. The molecule has 1 atom stereocenters. The van der Waals surface area contributed by atoms with Crippen molar-refractivity contribution < 1.29 is 14.3 Å². The number of ether oxygens (including phenoxy) is 1. The first-order valence-corrected chi connectivity index (χ1v) is 8.46. The van der Waals surface area contributed by atoms with Gasteiger partial charge in [-0.3, -0.25) is 14.5 Å². The van der Waals surface area contributed by atoms with Crippen LogP contribution in [0.25, 0.3) is 0 Å². The van der Waals surface area contributed by atoms with Crippen molar-refractivity contribution in [1.29, 1.82) is 0 Å². The summed E-state index contributed by atoms with van der Waals surface area (Å²) in [5, 5.41) is 2.84. The van der Waals surface area contributed by atoms with E-state index >= 15 is 0 Å². The molecule has 1 fully saturated rings. The van der Waals surface area contributed by atoms with Crippen molar-refractivity contribution in [2.45, 2.75) is 26.3 Å². The van der Waals surface area contributed by atoms with Gasteiger partial charge in [-0.05, 0) is 26.9 Å². The molecule has 0 aromatic heterocycles. The molecule has 1 saturated heterocycles. The summed E-state index contributed by atoms with van der Waals surface area (Å²) in [5.74, 6) is 0.0505. The lowest BCUT2D eigenvalue weighted by Crippen LogP contribution is -2.54. The molecule has 0 aromatic carbocycles. The predicted octanol–water partition coefficient (Wildman–Crippen LogP) is -0.376. The zero-order valence-corrected chi connectivity index (χ0v) is 15.0. The van der Waals surface area contributed by atoms with E-state index in [1.165, 1.54) is 0 Å². The zero-order chi connectivity index (χ0) is 17.2. The molecule has 134 valence electrons. The van der Waals surface area contributed by atoms with Crippen LogP contribution in [0.4, 0.5) is 0 Å². The molecular formula is C16H32N4O3. The fourth-order valence-corrected chi connectivity index (χ4v) is 2.60. The number of rotatable bonds is 9. The molecule has 0 aliphatic carbocycles. The number of carbonyl (C=O) groups is 2. The molecule has 0 radical (unpaired) electrons. The molecule has 1 unspecified atom stereocenters. The van der Waals surface area contributed by atoms with E-state index in [1.54, 1.807) is 12.0 Å². The van der Waals surface area contributed by atoms with Crippen LogP contribution in [0.5, 0.6) is 0 Å². The summed E-state index contributed by atoms with van der Waals surface area (Å²) >= 11 is 0. The van der Waals surface area contributed by atoms with Crippen molar-refractivity contribution in [3.05, 3.63) is 0 Å². The second kappa shape index (κ2) is 10.6. The second-order valence-electron chi connectivity index (χ2n) is 6.05. The first-order valence-electron chi connectivity index (χ1n) is 8.46. The summed E-state index contributed by atoms with van der Waals surface area (Å²) in [6.45, 7) is 9.90. The van der Waals surface area contributed by atoms with Crippen LogP contribution in [0.3, 0.4) is 0 Å². The number of amides is 2. The van der Waals surface area contributed by atoms with Crippen molar-refractivity contribution in [3.8, 4) is 0 Å². The molecule has 7 nitrogen and oxygen atoms in total. The molecule has 1 aliphatic rings. The van der Waals surface area contributed by atoms with Crippen LogP contribution in [0.1, 0.15) is 20.3 Å². The summed E-state index contributed by atoms with van der Waals surface area (Å²) in [4.78, 5) is 30.5. The van der Waals surface area contributed by atoms with E-state index < -0.39 is 0 Å². The predicted molar refractivity (Wildman–Crippen MR) is 90.3 cm³/mol. The third kappa shape index (κ3) is 6.85. The second-order valence-corrected chi connectivity index (χ2v) is 6.05. The van der Waals surface area contributed by atoms with Crippen LogP contribution in [0.15, 0.2) is 0 Å². The molecule has 23 heavy (non-hydrogen) atoms. The van der Waals surface area contributed by atoms with Gasteiger partial charge in [-0.1, -0.05) is 6.92 Å². The van der Waals surface area contributed by atoms with E-state index in [9.17, 15) is 9.59 Å². The van der Waals surface area contributed by atoms with E-state index in [1.807, 2.05) is 18.9 Å². The van der Waals surface area contributed by atoms with Crippen LogP contribution in [-0.2, 0) is 14.3 Å². The maximum atomic E-state index is 12.5. The maximum Gasteiger partial charge on any atom is 0.239 e. The largest absolute Gasteiger partial charge is 0.385 e. The smallest absolute Gasteiger partial charge is 0.239 e. The van der Waals surface area contributed by atoms with Gasteiger partial charge < -0.3 is 19.9 Å². The Balaban J connectivity index is 2.33. The first kappa shape index (κ1) is 19.9. The molecule has 1 rings (SSSR count). The SMILES string of the molecule is CCN1CCN(C(=O)C(C)N(C)CC(=O)NCCCOC)CC1. The van der Waals surface area contributed by atoms with Crippen molar-refractivity contribution in [3.63, 3.8) is 0 Å². The third-order valence-corrected chi connectivity index (χ3v) is 4.39. The maximum absolute atomic E-state index is 12.5. The van der Waals surface area contributed by atoms with Crippen molar-refractivity contribution >= 4 is 11.8 Å². The van der Waals surface area contributed by atoms with E-state index in [4.69, 9.17) is 4.74 Å². The van der Waals surface area contributed by atoms with Crippen molar-refractivity contribution in [1.82, 2.24) is 20.0 Å². The lowest BCUT2D eigenvalue weighted by Gasteiger charge is -2.36. The standard InChI is InChI=1S/C16H32N4O3/c1-5-19-8-10-20(11-9-19)16(22)14(2)18(3)13-15(21)17-7-6-12-23-4/h14H,5-13H2,1-4H3,(H,17,21). The Hall–Kier alpha value is -1.18. The van der Waals surface area contributed by atoms with Crippen molar-refractivity contribution in [2.24, 2.45) is 0 Å². The minimum atomic E-state index is -0.284. The van der Waals surface area contributed by atoms with Gasteiger partial charge in [0.15, 0.2) is 0 Å². The number of methoxy groups -OCH3 is 1. The number of nitrogens with zero attached hydrogens (tertiary/aromatic N) is 3.